The van der Waals surface area contributed by atoms with Gasteiger partial charge in [-0.1, -0.05) is 48.0 Å². The van der Waals surface area contributed by atoms with Crippen LogP contribution >= 0.6 is 11.8 Å². The van der Waals surface area contributed by atoms with Gasteiger partial charge < -0.3 is 5.32 Å². The van der Waals surface area contributed by atoms with E-state index in [9.17, 15) is 4.79 Å². The van der Waals surface area contributed by atoms with Gasteiger partial charge in [0.2, 0.25) is 0 Å². The van der Waals surface area contributed by atoms with E-state index < -0.39 is 0 Å². The van der Waals surface area contributed by atoms with E-state index in [2.05, 4.69) is 36.5 Å². The minimum Gasteiger partial charge on any atom is -0.351 e. The van der Waals surface area contributed by atoms with E-state index in [1.807, 2.05) is 42.1 Å². The standard InChI is InChI=1S/C17H19NOS/c1-14-6-5-7-15(12-14)13-20-11-10-18-17(19)16-8-3-2-4-9-16/h2-9,12H,10-11,13H2,1H3,(H,18,19). The number of carbonyl (C=O) groups is 1. The fourth-order valence-corrected chi connectivity index (χ4v) is 2.73. The number of hydrogen-bond donors (Lipinski definition) is 1. The molecule has 2 nitrogen and oxygen atoms in total. The molecule has 104 valence electrons. The van der Waals surface area contributed by atoms with Gasteiger partial charge in [0.05, 0.1) is 0 Å². The maximum atomic E-state index is 11.8. The second kappa shape index (κ2) is 7.75. The van der Waals surface area contributed by atoms with E-state index in [1.165, 1.54) is 11.1 Å². The largest absolute Gasteiger partial charge is 0.351 e. The normalized spacial score (nSPS) is 10.2. The molecule has 2 aromatic carbocycles. The summed E-state index contributed by atoms with van der Waals surface area (Å²) in [7, 11) is 0. The van der Waals surface area contributed by atoms with Crippen LogP contribution in [0.5, 0.6) is 0 Å². The summed E-state index contributed by atoms with van der Waals surface area (Å²) in [5.74, 6) is 1.91. The average Bonchev–Trinajstić information content (AvgIpc) is 2.48. The third kappa shape index (κ3) is 4.74. The molecule has 0 unspecified atom stereocenters. The molecule has 2 aromatic rings. The molecule has 0 atom stereocenters. The van der Waals surface area contributed by atoms with Crippen LogP contribution in [0.1, 0.15) is 21.5 Å². The second-order valence-corrected chi connectivity index (χ2v) is 5.77. The van der Waals surface area contributed by atoms with Crippen molar-refractivity contribution in [1.82, 2.24) is 5.32 Å². The second-order valence-electron chi connectivity index (χ2n) is 4.66. The first-order valence-corrected chi connectivity index (χ1v) is 7.88. The zero-order valence-electron chi connectivity index (χ0n) is 11.6. The predicted octanol–water partition coefficient (Wildman–Crippen LogP) is 3.66. The lowest BCUT2D eigenvalue weighted by atomic mass is 10.2. The van der Waals surface area contributed by atoms with Crippen molar-refractivity contribution in [1.29, 1.82) is 0 Å². The Kier molecular flexibility index (Phi) is 5.69. The van der Waals surface area contributed by atoms with E-state index >= 15 is 0 Å². The smallest absolute Gasteiger partial charge is 0.251 e. The zero-order valence-corrected chi connectivity index (χ0v) is 12.5. The Labute approximate surface area is 124 Å². The van der Waals surface area contributed by atoms with Crippen molar-refractivity contribution in [3.05, 3.63) is 71.3 Å². The quantitative estimate of drug-likeness (QED) is 0.821. The highest BCUT2D eigenvalue weighted by molar-refractivity contribution is 7.98. The highest BCUT2D eigenvalue weighted by Crippen LogP contribution is 2.12. The van der Waals surface area contributed by atoms with E-state index in [0.29, 0.717) is 6.54 Å². The lowest BCUT2D eigenvalue weighted by molar-refractivity contribution is 0.0956. The van der Waals surface area contributed by atoms with E-state index in [1.54, 1.807) is 0 Å². The van der Waals surface area contributed by atoms with Gasteiger partial charge in [-0.3, -0.25) is 4.79 Å². The Morgan fingerprint density at radius 2 is 1.90 bits per heavy atom. The van der Waals surface area contributed by atoms with Gasteiger partial charge in [-0.05, 0) is 24.6 Å². The van der Waals surface area contributed by atoms with Crippen molar-refractivity contribution in [2.75, 3.05) is 12.3 Å². The number of hydrogen-bond acceptors (Lipinski definition) is 2. The minimum atomic E-state index is 0.00163. The first-order valence-electron chi connectivity index (χ1n) is 6.72. The summed E-state index contributed by atoms with van der Waals surface area (Å²) in [6.07, 6.45) is 0. The molecule has 0 aliphatic heterocycles. The number of nitrogens with one attached hydrogen (secondary N) is 1. The van der Waals surface area contributed by atoms with Gasteiger partial charge in [-0.2, -0.15) is 11.8 Å². The molecule has 0 fully saturated rings. The van der Waals surface area contributed by atoms with Crippen LogP contribution in [0.2, 0.25) is 0 Å². The molecular formula is C17H19NOS. The summed E-state index contributed by atoms with van der Waals surface area (Å²) < 4.78 is 0. The van der Waals surface area contributed by atoms with Crippen molar-refractivity contribution in [2.24, 2.45) is 0 Å². The molecule has 0 bridgehead atoms. The van der Waals surface area contributed by atoms with Crippen molar-refractivity contribution >= 4 is 17.7 Å². The summed E-state index contributed by atoms with van der Waals surface area (Å²) in [5.41, 5.74) is 3.35. The predicted molar refractivity (Wildman–Crippen MR) is 86.1 cm³/mol. The van der Waals surface area contributed by atoms with Crippen LogP contribution in [0.3, 0.4) is 0 Å². The van der Waals surface area contributed by atoms with Gasteiger partial charge in [-0.25, -0.2) is 0 Å². The fraction of sp³-hybridized carbons (Fsp3) is 0.235. The summed E-state index contributed by atoms with van der Waals surface area (Å²) in [6.45, 7) is 2.80. The van der Waals surface area contributed by atoms with Crippen molar-refractivity contribution < 1.29 is 4.79 Å². The van der Waals surface area contributed by atoms with Gasteiger partial charge in [0.15, 0.2) is 0 Å². The molecule has 0 heterocycles. The molecule has 0 spiro atoms. The Balaban J connectivity index is 1.66. The topological polar surface area (TPSA) is 29.1 Å². The molecule has 3 heteroatoms. The lowest BCUT2D eigenvalue weighted by Crippen LogP contribution is -2.25. The maximum absolute atomic E-state index is 11.8. The molecule has 1 amide bonds. The van der Waals surface area contributed by atoms with Crippen LogP contribution in [-0.4, -0.2) is 18.2 Å². The van der Waals surface area contributed by atoms with Crippen LogP contribution in [0.15, 0.2) is 54.6 Å². The van der Waals surface area contributed by atoms with Gasteiger partial charge >= 0.3 is 0 Å². The van der Waals surface area contributed by atoms with Gasteiger partial charge in [0.25, 0.3) is 5.91 Å². The van der Waals surface area contributed by atoms with Crippen molar-refractivity contribution in [3.8, 4) is 0 Å². The van der Waals surface area contributed by atoms with E-state index in [-0.39, 0.29) is 5.91 Å². The fourth-order valence-electron chi connectivity index (χ4n) is 1.92. The number of amides is 1. The molecule has 0 aromatic heterocycles. The third-order valence-electron chi connectivity index (χ3n) is 2.92. The number of aryl methyl sites for hydroxylation is 1. The molecule has 0 radical (unpaired) electrons. The SMILES string of the molecule is Cc1cccc(CSCCNC(=O)c2ccccc2)c1. The molecule has 0 aliphatic carbocycles. The Hall–Kier alpha value is -1.74. The first kappa shape index (κ1) is 14.7. The van der Waals surface area contributed by atoms with E-state index in [0.717, 1.165) is 17.1 Å². The summed E-state index contributed by atoms with van der Waals surface area (Å²) in [4.78, 5) is 11.8. The molecule has 1 N–H and O–H groups in total. The molecule has 20 heavy (non-hydrogen) atoms. The zero-order chi connectivity index (χ0) is 14.2. The van der Waals surface area contributed by atoms with Crippen LogP contribution in [0, 0.1) is 6.92 Å². The number of carbonyl (C=O) groups excluding carboxylic acids is 1. The number of rotatable bonds is 6. The summed E-state index contributed by atoms with van der Waals surface area (Å²) >= 11 is 1.84. The van der Waals surface area contributed by atoms with Gasteiger partial charge in [0, 0.05) is 23.6 Å². The van der Waals surface area contributed by atoms with Crippen LogP contribution in [-0.2, 0) is 5.75 Å². The first-order chi connectivity index (χ1) is 9.75. The van der Waals surface area contributed by atoms with Crippen molar-refractivity contribution in [3.63, 3.8) is 0 Å². The molecule has 0 saturated heterocycles. The van der Waals surface area contributed by atoms with Crippen molar-refractivity contribution in [2.45, 2.75) is 12.7 Å². The lowest BCUT2D eigenvalue weighted by Gasteiger charge is -2.06. The Morgan fingerprint density at radius 3 is 2.65 bits per heavy atom. The number of thioether (sulfide) groups is 1. The Bertz CT molecular complexity index is 554. The number of benzene rings is 2. The molecule has 0 aliphatic rings. The Morgan fingerprint density at radius 1 is 1.10 bits per heavy atom. The molecular weight excluding hydrogens is 266 g/mol. The van der Waals surface area contributed by atoms with E-state index in [4.69, 9.17) is 0 Å². The molecule has 0 saturated carbocycles. The average molecular weight is 285 g/mol. The highest BCUT2D eigenvalue weighted by atomic mass is 32.2. The van der Waals surface area contributed by atoms with Crippen LogP contribution < -0.4 is 5.32 Å². The van der Waals surface area contributed by atoms with Crippen LogP contribution in [0.4, 0.5) is 0 Å². The van der Waals surface area contributed by atoms with Crippen LogP contribution in [0.25, 0.3) is 0 Å². The maximum Gasteiger partial charge on any atom is 0.251 e. The monoisotopic (exact) mass is 285 g/mol. The molecule has 2 rings (SSSR count). The summed E-state index contributed by atoms with van der Waals surface area (Å²) in [6, 6.07) is 17.9. The minimum absolute atomic E-state index is 0.00163. The van der Waals surface area contributed by atoms with Gasteiger partial charge in [0.1, 0.15) is 0 Å². The van der Waals surface area contributed by atoms with Gasteiger partial charge in [-0.15, -0.1) is 0 Å². The highest BCUT2D eigenvalue weighted by Gasteiger charge is 2.02. The third-order valence-corrected chi connectivity index (χ3v) is 3.95. The summed E-state index contributed by atoms with van der Waals surface area (Å²) in [5, 5.41) is 2.94.